The highest BCUT2D eigenvalue weighted by Gasteiger charge is 2.25. The lowest BCUT2D eigenvalue weighted by molar-refractivity contribution is -0.156. The second-order valence-corrected chi connectivity index (χ2v) is 7.77. The molecular weight excluding hydrogens is 378 g/mol. The van der Waals surface area contributed by atoms with Gasteiger partial charge in [-0.3, -0.25) is 9.79 Å². The fraction of sp³-hybridized carbons (Fsp3) is 0.320. The second-order valence-electron chi connectivity index (χ2n) is 7.77. The van der Waals surface area contributed by atoms with E-state index in [4.69, 9.17) is 14.5 Å². The number of rotatable bonds is 8. The van der Waals surface area contributed by atoms with Gasteiger partial charge in [-0.25, -0.2) is 4.79 Å². The van der Waals surface area contributed by atoms with E-state index in [1.54, 1.807) is 12.2 Å². The van der Waals surface area contributed by atoms with Crippen LogP contribution < -0.4 is 0 Å². The van der Waals surface area contributed by atoms with E-state index in [0.29, 0.717) is 6.42 Å². The number of hydrogen-bond donors (Lipinski definition) is 0. The van der Waals surface area contributed by atoms with Crippen LogP contribution in [0.15, 0.2) is 77.8 Å². The van der Waals surface area contributed by atoms with Crippen LogP contribution in [0.3, 0.4) is 0 Å². The molecule has 0 bridgehead atoms. The number of carbonyl (C=O) groups is 2. The quantitative estimate of drug-likeness (QED) is 0.360. The summed E-state index contributed by atoms with van der Waals surface area (Å²) >= 11 is 0. The molecule has 0 aliphatic rings. The molecule has 0 aromatic heterocycles. The first-order chi connectivity index (χ1) is 14.3. The first kappa shape index (κ1) is 23.1. The summed E-state index contributed by atoms with van der Waals surface area (Å²) in [4.78, 5) is 28.6. The van der Waals surface area contributed by atoms with Crippen LogP contribution in [0.2, 0.25) is 0 Å². The molecule has 2 rings (SSSR count). The third kappa shape index (κ3) is 8.03. The summed E-state index contributed by atoms with van der Waals surface area (Å²) in [7, 11) is 0. The predicted octanol–water partition coefficient (Wildman–Crippen LogP) is 4.74. The van der Waals surface area contributed by atoms with Crippen LogP contribution in [0, 0.1) is 0 Å². The lowest BCUT2D eigenvalue weighted by Gasteiger charge is -2.22. The number of carbonyl (C=O) groups excluding carboxylic acids is 2. The van der Waals surface area contributed by atoms with Gasteiger partial charge in [0, 0.05) is 18.1 Å². The Morgan fingerprint density at radius 1 is 0.933 bits per heavy atom. The van der Waals surface area contributed by atoms with Crippen LogP contribution in [0.5, 0.6) is 0 Å². The van der Waals surface area contributed by atoms with Crippen molar-refractivity contribution in [2.45, 2.75) is 45.8 Å². The third-order valence-electron chi connectivity index (χ3n) is 3.97. The number of ether oxygens (including phenoxy) is 2. The highest BCUT2D eigenvalue weighted by molar-refractivity contribution is 6.13. The van der Waals surface area contributed by atoms with E-state index in [1.807, 2.05) is 81.4 Å². The van der Waals surface area contributed by atoms with Crippen LogP contribution in [-0.2, 0) is 19.1 Å². The maximum atomic E-state index is 12.9. The van der Waals surface area contributed by atoms with Gasteiger partial charge in [-0.15, -0.1) is 0 Å². The van der Waals surface area contributed by atoms with Crippen molar-refractivity contribution in [3.63, 3.8) is 0 Å². The highest BCUT2D eigenvalue weighted by atomic mass is 16.6. The van der Waals surface area contributed by atoms with Gasteiger partial charge in [-0.2, -0.15) is 0 Å². The van der Waals surface area contributed by atoms with Gasteiger partial charge in [0.2, 0.25) is 0 Å². The van der Waals surface area contributed by atoms with Gasteiger partial charge >= 0.3 is 11.9 Å². The first-order valence-corrected chi connectivity index (χ1v) is 9.96. The standard InChI is InChI=1S/C25H29NO4/c1-19(27)29-18-12-11-17-22(24(28)30-25(2,3)4)26-23(20-13-7-5-8-14-20)21-15-9-6-10-16-21/h5-16,22H,17-18H2,1-4H3/b12-11+/t22-/m0/s1. The Kier molecular flexibility index (Phi) is 8.54. The lowest BCUT2D eigenvalue weighted by Crippen LogP contribution is -2.31. The minimum Gasteiger partial charge on any atom is -0.462 e. The van der Waals surface area contributed by atoms with Crippen LogP contribution in [0.1, 0.15) is 45.2 Å². The molecule has 2 aromatic rings. The Labute approximate surface area is 178 Å². The lowest BCUT2D eigenvalue weighted by atomic mass is 10.0. The number of benzene rings is 2. The summed E-state index contributed by atoms with van der Waals surface area (Å²) in [5, 5.41) is 0. The Hall–Kier alpha value is -3.21. The zero-order valence-electron chi connectivity index (χ0n) is 18.0. The molecular formula is C25H29NO4. The van der Waals surface area contributed by atoms with E-state index >= 15 is 0 Å². The molecule has 0 unspecified atom stereocenters. The van der Waals surface area contributed by atoms with Gasteiger partial charge in [0.05, 0.1) is 5.71 Å². The predicted molar refractivity (Wildman–Crippen MR) is 119 cm³/mol. The average Bonchev–Trinajstić information content (AvgIpc) is 2.69. The molecule has 5 heteroatoms. The molecule has 0 fully saturated rings. The Balaban J connectivity index is 2.38. The molecule has 0 N–H and O–H groups in total. The maximum Gasteiger partial charge on any atom is 0.331 e. The molecule has 0 amide bonds. The summed E-state index contributed by atoms with van der Waals surface area (Å²) in [6.45, 7) is 7.00. The van der Waals surface area contributed by atoms with Crippen LogP contribution >= 0.6 is 0 Å². The molecule has 30 heavy (non-hydrogen) atoms. The van der Waals surface area contributed by atoms with Crippen molar-refractivity contribution in [1.82, 2.24) is 0 Å². The minimum absolute atomic E-state index is 0.157. The van der Waals surface area contributed by atoms with E-state index in [2.05, 4.69) is 0 Å². The van der Waals surface area contributed by atoms with Gasteiger partial charge in [-0.1, -0.05) is 72.8 Å². The van der Waals surface area contributed by atoms with E-state index in [1.165, 1.54) is 6.92 Å². The summed E-state index contributed by atoms with van der Waals surface area (Å²) in [6, 6.07) is 18.8. The molecule has 0 radical (unpaired) electrons. The average molecular weight is 408 g/mol. The molecule has 0 aliphatic carbocycles. The van der Waals surface area contributed by atoms with Crippen molar-refractivity contribution in [3.8, 4) is 0 Å². The van der Waals surface area contributed by atoms with Gasteiger partial charge < -0.3 is 9.47 Å². The van der Waals surface area contributed by atoms with Crippen molar-refractivity contribution in [2.24, 2.45) is 4.99 Å². The van der Waals surface area contributed by atoms with Gasteiger partial charge in [0.1, 0.15) is 12.2 Å². The summed E-state index contributed by atoms with van der Waals surface area (Å²) < 4.78 is 10.5. The van der Waals surface area contributed by atoms with Crippen molar-refractivity contribution in [3.05, 3.63) is 83.9 Å². The van der Waals surface area contributed by atoms with E-state index in [0.717, 1.165) is 16.8 Å². The minimum atomic E-state index is -0.729. The largest absolute Gasteiger partial charge is 0.462 e. The number of esters is 2. The molecule has 5 nitrogen and oxygen atoms in total. The van der Waals surface area contributed by atoms with Gasteiger partial charge in [-0.05, 0) is 27.2 Å². The SMILES string of the molecule is CC(=O)OC/C=C/C[C@H](N=C(c1ccccc1)c1ccccc1)C(=O)OC(C)(C)C. The topological polar surface area (TPSA) is 65.0 Å². The highest BCUT2D eigenvalue weighted by Crippen LogP contribution is 2.17. The van der Waals surface area contributed by atoms with E-state index < -0.39 is 17.6 Å². The molecule has 0 heterocycles. The monoisotopic (exact) mass is 407 g/mol. The molecule has 0 saturated heterocycles. The number of hydrogen-bond acceptors (Lipinski definition) is 5. The maximum absolute atomic E-state index is 12.9. The molecule has 158 valence electrons. The van der Waals surface area contributed by atoms with Crippen molar-refractivity contribution in [2.75, 3.05) is 6.61 Å². The normalized spacial score (nSPS) is 12.3. The van der Waals surface area contributed by atoms with Crippen molar-refractivity contribution < 1.29 is 19.1 Å². The number of nitrogens with zero attached hydrogens (tertiary/aromatic N) is 1. The van der Waals surface area contributed by atoms with Gasteiger partial charge in [0.15, 0.2) is 6.04 Å². The number of aliphatic imine (C=N–C) groups is 1. The molecule has 1 atom stereocenters. The van der Waals surface area contributed by atoms with E-state index in [9.17, 15) is 9.59 Å². The summed E-state index contributed by atoms with van der Waals surface area (Å²) in [5.74, 6) is -0.749. The zero-order chi connectivity index (χ0) is 22.0. The third-order valence-corrected chi connectivity index (χ3v) is 3.97. The molecule has 0 aliphatic heterocycles. The Bertz CT molecular complexity index is 839. The van der Waals surface area contributed by atoms with E-state index in [-0.39, 0.29) is 12.6 Å². The zero-order valence-corrected chi connectivity index (χ0v) is 18.0. The molecule has 0 spiro atoms. The van der Waals surface area contributed by atoms with Crippen LogP contribution in [-0.4, -0.2) is 35.9 Å². The Morgan fingerprint density at radius 2 is 1.47 bits per heavy atom. The summed E-state index contributed by atoms with van der Waals surface area (Å²) in [5.41, 5.74) is 1.94. The molecule has 0 saturated carbocycles. The first-order valence-electron chi connectivity index (χ1n) is 9.96. The second kappa shape index (κ2) is 11.1. The fourth-order valence-electron chi connectivity index (χ4n) is 2.69. The Morgan fingerprint density at radius 3 is 1.93 bits per heavy atom. The van der Waals surface area contributed by atoms with Crippen LogP contribution in [0.4, 0.5) is 0 Å². The van der Waals surface area contributed by atoms with Crippen molar-refractivity contribution in [1.29, 1.82) is 0 Å². The fourth-order valence-corrected chi connectivity index (χ4v) is 2.69. The van der Waals surface area contributed by atoms with Gasteiger partial charge in [0.25, 0.3) is 0 Å². The molecule has 2 aromatic carbocycles. The van der Waals surface area contributed by atoms with Crippen molar-refractivity contribution >= 4 is 17.7 Å². The summed E-state index contributed by atoms with van der Waals surface area (Å²) in [6.07, 6.45) is 3.83. The van der Waals surface area contributed by atoms with Crippen LogP contribution in [0.25, 0.3) is 0 Å². The smallest absolute Gasteiger partial charge is 0.331 e.